The van der Waals surface area contributed by atoms with Crippen molar-refractivity contribution in [3.05, 3.63) is 35.7 Å². The summed E-state index contributed by atoms with van der Waals surface area (Å²) in [5.74, 6) is 2.41. The zero-order chi connectivity index (χ0) is 14.7. The van der Waals surface area contributed by atoms with Crippen LogP contribution in [0.25, 0.3) is 0 Å². The third kappa shape index (κ3) is 3.22. The molecule has 0 atom stereocenters. The molecule has 0 radical (unpaired) electrons. The van der Waals surface area contributed by atoms with Gasteiger partial charge in [0.15, 0.2) is 0 Å². The molecule has 0 amide bonds. The normalized spacial score (nSPS) is 10.8. The summed E-state index contributed by atoms with van der Waals surface area (Å²) in [7, 11) is 1.66. The van der Waals surface area contributed by atoms with Crippen molar-refractivity contribution in [2.75, 3.05) is 12.8 Å². The Kier molecular flexibility index (Phi) is 4.49. The molecule has 0 aliphatic rings. The third-order valence-electron chi connectivity index (χ3n) is 2.93. The van der Waals surface area contributed by atoms with Crippen molar-refractivity contribution in [2.45, 2.75) is 36.6 Å². The van der Waals surface area contributed by atoms with Crippen LogP contribution in [0.2, 0.25) is 0 Å². The van der Waals surface area contributed by atoms with Gasteiger partial charge in [0.1, 0.15) is 22.4 Å². The second-order valence-corrected chi connectivity index (χ2v) is 5.90. The van der Waals surface area contributed by atoms with Crippen LogP contribution in [0.5, 0.6) is 5.75 Å². The molecule has 0 bridgehead atoms. The summed E-state index contributed by atoms with van der Waals surface area (Å²) in [6, 6.07) is 7.90. The Morgan fingerprint density at radius 1 is 1.25 bits per heavy atom. The van der Waals surface area contributed by atoms with E-state index in [1.165, 1.54) is 0 Å². The van der Waals surface area contributed by atoms with Gasteiger partial charge in [-0.05, 0) is 25.1 Å². The fourth-order valence-electron chi connectivity index (χ4n) is 1.66. The van der Waals surface area contributed by atoms with Crippen LogP contribution in [0, 0.1) is 6.92 Å². The van der Waals surface area contributed by atoms with Crippen LogP contribution in [-0.4, -0.2) is 17.1 Å². The molecule has 4 nitrogen and oxygen atoms in total. The van der Waals surface area contributed by atoms with E-state index in [0.29, 0.717) is 5.82 Å². The van der Waals surface area contributed by atoms with Crippen LogP contribution >= 0.6 is 11.8 Å². The van der Waals surface area contributed by atoms with Crippen molar-refractivity contribution in [1.29, 1.82) is 0 Å². The highest BCUT2D eigenvalue weighted by atomic mass is 32.2. The fraction of sp³-hybridized carbons (Fsp3) is 0.333. The van der Waals surface area contributed by atoms with Gasteiger partial charge in [0, 0.05) is 16.4 Å². The maximum Gasteiger partial charge on any atom is 0.134 e. The van der Waals surface area contributed by atoms with Gasteiger partial charge < -0.3 is 10.5 Å². The van der Waals surface area contributed by atoms with Crippen molar-refractivity contribution >= 4 is 17.6 Å². The number of ether oxygens (including phenoxy) is 1. The lowest BCUT2D eigenvalue weighted by Gasteiger charge is -2.11. The second-order valence-electron chi connectivity index (χ2n) is 4.83. The molecule has 2 rings (SSSR count). The van der Waals surface area contributed by atoms with Crippen molar-refractivity contribution in [2.24, 2.45) is 0 Å². The van der Waals surface area contributed by atoms with Gasteiger partial charge in [-0.1, -0.05) is 31.7 Å². The molecule has 1 heterocycles. The summed E-state index contributed by atoms with van der Waals surface area (Å²) in [5.41, 5.74) is 6.90. The Labute approximate surface area is 123 Å². The second kappa shape index (κ2) is 6.13. The average molecular weight is 289 g/mol. The van der Waals surface area contributed by atoms with Gasteiger partial charge in [0.2, 0.25) is 0 Å². The van der Waals surface area contributed by atoms with E-state index in [0.717, 1.165) is 27.1 Å². The SMILES string of the molecule is COc1cccc(Sc2nc(C(C)C)nc(N)c2C)c1. The smallest absolute Gasteiger partial charge is 0.134 e. The van der Waals surface area contributed by atoms with Crippen LogP contribution in [0.1, 0.15) is 31.2 Å². The lowest BCUT2D eigenvalue weighted by atomic mass is 10.2. The third-order valence-corrected chi connectivity index (χ3v) is 4.01. The van der Waals surface area contributed by atoms with Gasteiger partial charge in [-0.2, -0.15) is 0 Å². The first-order valence-corrected chi connectivity index (χ1v) is 7.28. The molecule has 0 saturated heterocycles. The molecule has 20 heavy (non-hydrogen) atoms. The van der Waals surface area contributed by atoms with Crippen molar-refractivity contribution < 1.29 is 4.74 Å². The zero-order valence-electron chi connectivity index (χ0n) is 12.2. The quantitative estimate of drug-likeness (QED) is 0.870. The van der Waals surface area contributed by atoms with E-state index in [2.05, 4.69) is 23.8 Å². The Balaban J connectivity index is 2.37. The first-order valence-electron chi connectivity index (χ1n) is 6.47. The molecular weight excluding hydrogens is 270 g/mol. The summed E-state index contributed by atoms with van der Waals surface area (Å²) in [6.45, 7) is 6.07. The number of anilines is 1. The van der Waals surface area contributed by atoms with Gasteiger partial charge in [-0.25, -0.2) is 9.97 Å². The fourth-order valence-corrected chi connectivity index (χ4v) is 2.61. The van der Waals surface area contributed by atoms with Gasteiger partial charge in [0.05, 0.1) is 7.11 Å². The average Bonchev–Trinajstić information content (AvgIpc) is 2.43. The summed E-state index contributed by atoms with van der Waals surface area (Å²) < 4.78 is 5.24. The molecule has 0 aliphatic heterocycles. The van der Waals surface area contributed by atoms with E-state index >= 15 is 0 Å². The largest absolute Gasteiger partial charge is 0.497 e. The van der Waals surface area contributed by atoms with E-state index in [4.69, 9.17) is 10.5 Å². The molecule has 1 aromatic carbocycles. The molecule has 0 saturated carbocycles. The Morgan fingerprint density at radius 3 is 2.65 bits per heavy atom. The van der Waals surface area contributed by atoms with Gasteiger partial charge in [0.25, 0.3) is 0 Å². The maximum atomic E-state index is 5.98. The van der Waals surface area contributed by atoms with Crippen LogP contribution in [0.15, 0.2) is 34.2 Å². The number of nitrogens with two attached hydrogens (primary N) is 1. The molecule has 2 N–H and O–H groups in total. The van der Waals surface area contributed by atoms with Gasteiger partial charge >= 0.3 is 0 Å². The number of hydrogen-bond donors (Lipinski definition) is 1. The number of nitrogens with zero attached hydrogens (tertiary/aromatic N) is 2. The highest BCUT2D eigenvalue weighted by molar-refractivity contribution is 7.99. The van der Waals surface area contributed by atoms with E-state index in [-0.39, 0.29) is 5.92 Å². The Bertz CT molecular complexity index is 614. The first-order chi connectivity index (χ1) is 9.51. The van der Waals surface area contributed by atoms with Crippen molar-refractivity contribution in [1.82, 2.24) is 9.97 Å². The van der Waals surface area contributed by atoms with Crippen LogP contribution in [0.3, 0.4) is 0 Å². The predicted octanol–water partition coefficient (Wildman–Crippen LogP) is 3.65. The van der Waals surface area contributed by atoms with Crippen LogP contribution in [0.4, 0.5) is 5.82 Å². The summed E-state index contributed by atoms with van der Waals surface area (Å²) >= 11 is 1.58. The number of methoxy groups -OCH3 is 1. The summed E-state index contributed by atoms with van der Waals surface area (Å²) in [4.78, 5) is 10.0. The standard InChI is InChI=1S/C15H19N3OS/c1-9(2)14-17-13(16)10(3)15(18-14)20-12-7-5-6-11(8-12)19-4/h5-9H,1-4H3,(H2,16,17,18). The molecule has 0 aliphatic carbocycles. The monoisotopic (exact) mass is 289 g/mol. The van der Waals surface area contributed by atoms with Gasteiger partial charge in [-0.15, -0.1) is 0 Å². The Hall–Kier alpha value is -1.75. The Morgan fingerprint density at radius 2 is 2.00 bits per heavy atom. The molecule has 106 valence electrons. The molecule has 0 fully saturated rings. The first kappa shape index (κ1) is 14.7. The highest BCUT2D eigenvalue weighted by Crippen LogP contribution is 2.33. The van der Waals surface area contributed by atoms with E-state index in [9.17, 15) is 0 Å². The van der Waals surface area contributed by atoms with Crippen LogP contribution < -0.4 is 10.5 Å². The molecule has 5 heteroatoms. The molecule has 2 aromatic rings. The molecule has 1 aromatic heterocycles. The van der Waals surface area contributed by atoms with E-state index in [1.54, 1.807) is 18.9 Å². The van der Waals surface area contributed by atoms with E-state index in [1.807, 2.05) is 31.2 Å². The lowest BCUT2D eigenvalue weighted by molar-refractivity contribution is 0.413. The summed E-state index contributed by atoms with van der Waals surface area (Å²) in [6.07, 6.45) is 0. The number of benzene rings is 1. The van der Waals surface area contributed by atoms with Crippen molar-refractivity contribution in [3.63, 3.8) is 0 Å². The van der Waals surface area contributed by atoms with E-state index < -0.39 is 0 Å². The highest BCUT2D eigenvalue weighted by Gasteiger charge is 2.12. The van der Waals surface area contributed by atoms with Crippen molar-refractivity contribution in [3.8, 4) is 5.75 Å². The summed E-state index contributed by atoms with van der Waals surface area (Å²) in [5, 5.41) is 0.898. The minimum absolute atomic E-state index is 0.252. The minimum atomic E-state index is 0.252. The van der Waals surface area contributed by atoms with Crippen LogP contribution in [-0.2, 0) is 0 Å². The predicted molar refractivity (Wildman–Crippen MR) is 82.4 cm³/mol. The lowest BCUT2D eigenvalue weighted by Crippen LogP contribution is -2.05. The topological polar surface area (TPSA) is 61.0 Å². The number of rotatable bonds is 4. The minimum Gasteiger partial charge on any atom is -0.497 e. The molecule has 0 unspecified atom stereocenters. The number of aromatic nitrogens is 2. The van der Waals surface area contributed by atoms with Gasteiger partial charge in [-0.3, -0.25) is 0 Å². The molecular formula is C15H19N3OS. The number of nitrogen functional groups attached to an aromatic ring is 1. The molecule has 0 spiro atoms. The number of hydrogen-bond acceptors (Lipinski definition) is 5. The zero-order valence-corrected chi connectivity index (χ0v) is 13.0. The maximum absolute atomic E-state index is 5.98.